The molecule has 4 aromatic rings. The summed E-state index contributed by atoms with van der Waals surface area (Å²) in [5.74, 6) is -0.676. The van der Waals surface area contributed by atoms with Gasteiger partial charge in [0.05, 0.1) is 25.6 Å². The van der Waals surface area contributed by atoms with Crippen molar-refractivity contribution >= 4 is 23.4 Å². The number of carbonyl (C=O) groups is 3. The first-order chi connectivity index (χ1) is 17.5. The van der Waals surface area contributed by atoms with Crippen LogP contribution in [0.4, 0.5) is 5.69 Å². The molecular weight excluding hydrogens is 458 g/mol. The van der Waals surface area contributed by atoms with E-state index in [1.54, 1.807) is 36.4 Å². The van der Waals surface area contributed by atoms with Crippen molar-refractivity contribution in [2.24, 2.45) is 0 Å². The van der Waals surface area contributed by atoms with Crippen molar-refractivity contribution in [1.29, 1.82) is 0 Å². The summed E-state index contributed by atoms with van der Waals surface area (Å²) in [5, 5.41) is 5.48. The third kappa shape index (κ3) is 5.55. The van der Waals surface area contributed by atoms with Gasteiger partial charge in [0, 0.05) is 5.69 Å². The molecule has 0 saturated heterocycles. The topological polar surface area (TPSA) is 105 Å². The average molecular weight is 486 g/mol. The van der Waals surface area contributed by atoms with Crippen LogP contribution >= 0.6 is 0 Å². The van der Waals surface area contributed by atoms with Crippen LogP contribution in [0.15, 0.2) is 94.2 Å². The summed E-state index contributed by atoms with van der Waals surface area (Å²) in [7, 11) is 0. The van der Waals surface area contributed by atoms with E-state index in [0.29, 0.717) is 17.0 Å². The van der Waals surface area contributed by atoms with Gasteiger partial charge in [0.1, 0.15) is 11.8 Å². The van der Waals surface area contributed by atoms with Gasteiger partial charge in [-0.25, -0.2) is 0 Å². The molecule has 4 rings (SSSR count). The number of amides is 3. The number of rotatable bonds is 9. The molecule has 8 nitrogen and oxygen atoms in total. The van der Waals surface area contributed by atoms with Crippen molar-refractivity contribution in [3.8, 4) is 0 Å². The molecule has 3 amide bonds. The average Bonchev–Trinajstić information content (AvgIpc) is 3.61. The minimum atomic E-state index is -0.991. The van der Waals surface area contributed by atoms with Crippen LogP contribution in [0.25, 0.3) is 0 Å². The second kappa shape index (κ2) is 11.2. The maximum Gasteiger partial charge on any atom is 0.287 e. The van der Waals surface area contributed by atoms with Gasteiger partial charge < -0.3 is 19.5 Å². The molecule has 0 spiro atoms. The molecule has 2 aromatic carbocycles. The maximum atomic E-state index is 13.7. The summed E-state index contributed by atoms with van der Waals surface area (Å²) >= 11 is 0. The molecule has 0 aliphatic rings. The Morgan fingerprint density at radius 2 is 1.58 bits per heavy atom. The molecule has 0 aliphatic carbocycles. The molecule has 2 heterocycles. The fourth-order valence-electron chi connectivity index (χ4n) is 3.89. The molecule has 0 bridgehead atoms. The Hall–Kier alpha value is -4.59. The monoisotopic (exact) mass is 485 g/mol. The first-order valence-corrected chi connectivity index (χ1v) is 11.5. The van der Waals surface area contributed by atoms with Crippen LogP contribution in [0, 0.1) is 13.8 Å². The Morgan fingerprint density at radius 3 is 2.28 bits per heavy atom. The van der Waals surface area contributed by atoms with Crippen LogP contribution in [0.5, 0.6) is 0 Å². The first-order valence-electron chi connectivity index (χ1n) is 11.5. The van der Waals surface area contributed by atoms with Crippen molar-refractivity contribution in [2.45, 2.75) is 26.4 Å². The van der Waals surface area contributed by atoms with E-state index in [1.165, 1.54) is 23.5 Å². The normalized spacial score (nSPS) is 11.5. The molecule has 0 radical (unpaired) electrons. The van der Waals surface area contributed by atoms with E-state index in [0.717, 1.165) is 11.1 Å². The highest BCUT2D eigenvalue weighted by Gasteiger charge is 2.34. The lowest BCUT2D eigenvalue weighted by atomic mass is 10.00. The summed E-state index contributed by atoms with van der Waals surface area (Å²) in [4.78, 5) is 41.2. The lowest BCUT2D eigenvalue weighted by Gasteiger charge is -2.33. The van der Waals surface area contributed by atoms with Gasteiger partial charge in [-0.05, 0) is 60.9 Å². The van der Waals surface area contributed by atoms with Crippen LogP contribution in [-0.2, 0) is 16.1 Å². The van der Waals surface area contributed by atoms with Gasteiger partial charge in [0.25, 0.3) is 5.91 Å². The molecule has 0 fully saturated rings. The third-order valence-corrected chi connectivity index (χ3v) is 5.89. The number of benzene rings is 2. The second-order valence-corrected chi connectivity index (χ2v) is 8.25. The van der Waals surface area contributed by atoms with Gasteiger partial charge in [-0.15, -0.1) is 0 Å². The molecule has 36 heavy (non-hydrogen) atoms. The molecule has 0 aliphatic heterocycles. The minimum Gasteiger partial charge on any atom is -0.467 e. The molecule has 8 heteroatoms. The van der Waals surface area contributed by atoms with Crippen LogP contribution in [-0.4, -0.2) is 24.3 Å². The van der Waals surface area contributed by atoms with Crippen molar-refractivity contribution in [3.63, 3.8) is 0 Å². The zero-order valence-corrected chi connectivity index (χ0v) is 20.1. The number of hydrogen-bond donors (Lipinski definition) is 2. The molecular formula is C28H27N3O5. The number of nitrogens with one attached hydrogen (secondary N) is 2. The SMILES string of the molecule is Cc1cccc(N(C(=O)CNC(=O)c2ccco2)[C@H](C(=O)NCc2ccco2)c2ccccc2)c1C. The third-order valence-electron chi connectivity index (χ3n) is 5.89. The fourth-order valence-corrected chi connectivity index (χ4v) is 3.89. The molecule has 2 aromatic heterocycles. The Labute approximate surface area is 208 Å². The van der Waals surface area contributed by atoms with Crippen LogP contribution in [0.2, 0.25) is 0 Å². The van der Waals surface area contributed by atoms with E-state index < -0.39 is 17.9 Å². The Kier molecular flexibility index (Phi) is 7.65. The van der Waals surface area contributed by atoms with Crippen LogP contribution in [0.1, 0.15) is 39.0 Å². The summed E-state index contributed by atoms with van der Waals surface area (Å²) in [5.41, 5.74) is 3.02. The number of aryl methyl sites for hydroxylation is 1. The van der Waals surface area contributed by atoms with Gasteiger partial charge in [0.15, 0.2) is 5.76 Å². The number of furan rings is 2. The lowest BCUT2D eigenvalue weighted by molar-refractivity contribution is -0.126. The summed E-state index contributed by atoms with van der Waals surface area (Å²) in [6.45, 7) is 3.67. The minimum absolute atomic E-state index is 0.0943. The molecule has 0 unspecified atom stereocenters. The number of anilines is 1. The lowest BCUT2D eigenvalue weighted by Crippen LogP contribution is -2.47. The standard InChI is InChI=1S/C28H27N3O5/c1-19-9-6-13-23(20(19)2)31(25(32)18-30-27(33)24-14-8-16-36-24)26(21-10-4-3-5-11-21)28(34)29-17-22-12-7-15-35-22/h3-16,26H,17-18H2,1-2H3,(H,29,34)(H,30,33)/t26-/m0/s1. The number of nitrogens with zero attached hydrogens (tertiary/aromatic N) is 1. The van der Waals surface area contributed by atoms with Crippen molar-refractivity contribution in [2.75, 3.05) is 11.4 Å². The second-order valence-electron chi connectivity index (χ2n) is 8.25. The van der Waals surface area contributed by atoms with E-state index in [-0.39, 0.29) is 24.8 Å². The number of carbonyl (C=O) groups excluding carboxylic acids is 3. The van der Waals surface area contributed by atoms with Gasteiger partial charge in [-0.2, -0.15) is 0 Å². The quantitative estimate of drug-likeness (QED) is 0.368. The van der Waals surface area contributed by atoms with Gasteiger partial charge in [-0.3, -0.25) is 19.3 Å². The van der Waals surface area contributed by atoms with Crippen LogP contribution in [0.3, 0.4) is 0 Å². The Morgan fingerprint density at radius 1 is 0.833 bits per heavy atom. The summed E-state index contributed by atoms with van der Waals surface area (Å²) in [6.07, 6.45) is 2.91. The van der Waals surface area contributed by atoms with Crippen LogP contribution < -0.4 is 15.5 Å². The van der Waals surface area contributed by atoms with E-state index in [1.807, 2.05) is 44.2 Å². The van der Waals surface area contributed by atoms with Crippen molar-refractivity contribution in [1.82, 2.24) is 10.6 Å². The Balaban J connectivity index is 1.70. The molecule has 0 saturated carbocycles. The number of hydrogen-bond acceptors (Lipinski definition) is 5. The smallest absolute Gasteiger partial charge is 0.287 e. The van der Waals surface area contributed by atoms with Crippen molar-refractivity contribution < 1.29 is 23.2 Å². The summed E-state index contributed by atoms with van der Waals surface area (Å²) < 4.78 is 10.5. The maximum absolute atomic E-state index is 13.7. The highest BCUT2D eigenvalue weighted by Crippen LogP contribution is 2.32. The van der Waals surface area contributed by atoms with E-state index in [2.05, 4.69) is 10.6 Å². The first kappa shape index (κ1) is 24.5. The Bertz CT molecular complexity index is 1310. The highest BCUT2D eigenvalue weighted by molar-refractivity contribution is 6.04. The predicted octanol–water partition coefficient (Wildman–Crippen LogP) is 4.31. The van der Waals surface area contributed by atoms with Gasteiger partial charge >= 0.3 is 0 Å². The molecule has 1 atom stereocenters. The van der Waals surface area contributed by atoms with E-state index in [9.17, 15) is 14.4 Å². The van der Waals surface area contributed by atoms with E-state index in [4.69, 9.17) is 8.83 Å². The zero-order chi connectivity index (χ0) is 25.5. The van der Waals surface area contributed by atoms with E-state index >= 15 is 0 Å². The van der Waals surface area contributed by atoms with Gasteiger partial charge in [0.2, 0.25) is 11.8 Å². The molecule has 2 N–H and O–H groups in total. The molecule has 184 valence electrons. The fraction of sp³-hybridized carbons (Fsp3) is 0.179. The highest BCUT2D eigenvalue weighted by atomic mass is 16.3. The van der Waals surface area contributed by atoms with Crippen molar-refractivity contribution in [3.05, 3.63) is 114 Å². The zero-order valence-electron chi connectivity index (χ0n) is 20.1. The summed E-state index contributed by atoms with van der Waals surface area (Å²) in [6, 6.07) is 20.2. The predicted molar refractivity (Wildman–Crippen MR) is 134 cm³/mol. The largest absolute Gasteiger partial charge is 0.467 e. The van der Waals surface area contributed by atoms with Gasteiger partial charge in [-0.1, -0.05) is 42.5 Å².